The number of pyridine rings is 1. The monoisotopic (exact) mass is 567 g/mol. The van der Waals surface area contributed by atoms with E-state index in [1.54, 1.807) is 68.6 Å². The minimum absolute atomic E-state index is 0.0822. The minimum atomic E-state index is -0.625. The Morgan fingerprint density at radius 1 is 1.02 bits per heavy atom. The molecule has 0 atom stereocenters. The first-order chi connectivity index (χ1) is 18.9. The summed E-state index contributed by atoms with van der Waals surface area (Å²) in [5.41, 5.74) is 2.34. The molecule has 3 amide bonds. The molecule has 0 aliphatic rings. The number of rotatable bonds is 11. The normalized spacial score (nSPS) is 11.2. The number of aromatic nitrogens is 1. The Hall–Kier alpha value is -3.96. The molecule has 40 heavy (non-hydrogen) atoms. The smallest absolute Gasteiger partial charge is 0.412 e. The maximum Gasteiger partial charge on any atom is 0.412 e. The second-order valence-electron chi connectivity index (χ2n) is 10.5. The molecule has 2 heterocycles. The molecule has 0 aliphatic heterocycles. The van der Waals surface area contributed by atoms with Gasteiger partial charge in [-0.2, -0.15) is 0 Å². The number of carbonyl (C=O) groups is 3. The van der Waals surface area contributed by atoms with Crippen molar-refractivity contribution in [1.82, 2.24) is 14.8 Å². The van der Waals surface area contributed by atoms with Crippen LogP contribution in [0.3, 0.4) is 0 Å². The maximum atomic E-state index is 13.1. The number of methoxy groups -OCH3 is 1. The van der Waals surface area contributed by atoms with Crippen molar-refractivity contribution < 1.29 is 23.9 Å². The molecule has 1 aromatic carbocycles. The molecule has 0 saturated heterocycles. The van der Waals surface area contributed by atoms with Crippen LogP contribution in [0.5, 0.6) is 5.75 Å². The average molecular weight is 568 g/mol. The predicted molar refractivity (Wildman–Crippen MR) is 157 cm³/mol. The van der Waals surface area contributed by atoms with Gasteiger partial charge in [-0.1, -0.05) is 12.1 Å². The summed E-state index contributed by atoms with van der Waals surface area (Å²) in [7, 11) is 5.47. The Balaban J connectivity index is 1.65. The molecule has 2 N–H and O–H groups in total. The first-order valence-electron chi connectivity index (χ1n) is 12.8. The standard InChI is InChI=1S/C29H37N5O5S/c1-29(2,3)39-28(37)32-25-19-40-18-21(25)14-26(35)24-11-10-20(16-30-24)17-34(13-12-33(4)5)27(36)31-22-8-7-9-23(15-22)38-6/h7-11,15-16,18-19H,12-14,17H2,1-6H3,(H,31,36)(H,32,37). The molecule has 0 spiro atoms. The highest BCUT2D eigenvalue weighted by atomic mass is 32.1. The summed E-state index contributed by atoms with van der Waals surface area (Å²) in [6, 6.07) is 10.4. The molecule has 2 aromatic heterocycles. The summed E-state index contributed by atoms with van der Waals surface area (Å²) in [5.74, 6) is 0.467. The van der Waals surface area contributed by atoms with E-state index in [0.717, 1.165) is 5.56 Å². The second kappa shape index (κ2) is 13.9. The van der Waals surface area contributed by atoms with Crippen LogP contribution in [0.25, 0.3) is 0 Å². The molecule has 10 nitrogen and oxygen atoms in total. The first kappa shape index (κ1) is 30.6. The van der Waals surface area contributed by atoms with Gasteiger partial charge in [0.05, 0.1) is 12.8 Å². The zero-order chi connectivity index (χ0) is 29.3. The lowest BCUT2D eigenvalue weighted by atomic mass is 10.1. The number of amides is 3. The number of urea groups is 1. The number of Topliss-reactive ketones (excluding diaryl/α,β-unsaturated/α-hetero) is 1. The molecular formula is C29H37N5O5S. The minimum Gasteiger partial charge on any atom is -0.497 e. The zero-order valence-corrected chi connectivity index (χ0v) is 24.6. The molecule has 214 valence electrons. The number of anilines is 2. The van der Waals surface area contributed by atoms with Gasteiger partial charge in [0.15, 0.2) is 5.78 Å². The van der Waals surface area contributed by atoms with Crippen LogP contribution in [0.15, 0.2) is 53.4 Å². The van der Waals surface area contributed by atoms with Crippen molar-refractivity contribution in [2.75, 3.05) is 44.9 Å². The van der Waals surface area contributed by atoms with Crippen molar-refractivity contribution in [3.63, 3.8) is 0 Å². The van der Waals surface area contributed by atoms with Crippen molar-refractivity contribution in [1.29, 1.82) is 0 Å². The van der Waals surface area contributed by atoms with E-state index in [-0.39, 0.29) is 18.2 Å². The molecule has 0 unspecified atom stereocenters. The molecule has 0 radical (unpaired) electrons. The highest BCUT2D eigenvalue weighted by Gasteiger charge is 2.20. The zero-order valence-electron chi connectivity index (χ0n) is 23.8. The van der Waals surface area contributed by atoms with Gasteiger partial charge in [-0.3, -0.25) is 15.1 Å². The van der Waals surface area contributed by atoms with E-state index in [1.807, 2.05) is 36.5 Å². The Morgan fingerprint density at radius 3 is 2.45 bits per heavy atom. The molecule has 0 saturated carbocycles. The highest BCUT2D eigenvalue weighted by Crippen LogP contribution is 2.24. The van der Waals surface area contributed by atoms with Gasteiger partial charge in [0.1, 0.15) is 17.0 Å². The number of hydrogen-bond donors (Lipinski definition) is 2. The number of ketones is 1. The van der Waals surface area contributed by atoms with Gasteiger partial charge in [-0.15, -0.1) is 11.3 Å². The second-order valence-corrected chi connectivity index (χ2v) is 11.2. The fraction of sp³-hybridized carbons (Fsp3) is 0.379. The molecule has 11 heteroatoms. The van der Waals surface area contributed by atoms with Gasteiger partial charge in [-0.05, 0) is 69.6 Å². The Kier molecular flexibility index (Phi) is 10.6. The third kappa shape index (κ3) is 9.65. The SMILES string of the molecule is COc1cccc(NC(=O)N(CCN(C)C)Cc2ccc(C(=O)Cc3cscc3NC(=O)OC(C)(C)C)nc2)c1. The van der Waals surface area contributed by atoms with Crippen molar-refractivity contribution in [2.45, 2.75) is 39.3 Å². The Morgan fingerprint density at radius 2 is 1.80 bits per heavy atom. The van der Waals surface area contributed by atoms with Crippen LogP contribution < -0.4 is 15.4 Å². The molecule has 3 rings (SSSR count). The van der Waals surface area contributed by atoms with Gasteiger partial charge in [0, 0.05) is 49.4 Å². The van der Waals surface area contributed by atoms with Gasteiger partial charge in [-0.25, -0.2) is 9.59 Å². The van der Waals surface area contributed by atoms with Gasteiger partial charge in [0.25, 0.3) is 0 Å². The van der Waals surface area contributed by atoms with Crippen LogP contribution in [0.4, 0.5) is 21.0 Å². The number of likely N-dealkylation sites (N-methyl/N-ethyl adjacent to an activating group) is 1. The maximum absolute atomic E-state index is 13.1. The molecule has 0 fully saturated rings. The lowest BCUT2D eigenvalue weighted by molar-refractivity contribution is 0.0635. The van der Waals surface area contributed by atoms with Gasteiger partial charge < -0.3 is 24.6 Å². The summed E-state index contributed by atoms with van der Waals surface area (Å²) in [5, 5.41) is 9.22. The van der Waals surface area contributed by atoms with Crippen LogP contribution in [0.1, 0.15) is 42.4 Å². The number of carbonyl (C=O) groups excluding carboxylic acids is 3. The molecule has 3 aromatic rings. The highest BCUT2D eigenvalue weighted by molar-refractivity contribution is 7.08. The van der Waals surface area contributed by atoms with Crippen molar-refractivity contribution >= 4 is 40.6 Å². The number of thiophene rings is 1. The van der Waals surface area contributed by atoms with Crippen LogP contribution in [-0.2, 0) is 17.7 Å². The topological polar surface area (TPSA) is 113 Å². The van der Waals surface area contributed by atoms with Crippen LogP contribution >= 0.6 is 11.3 Å². The van der Waals surface area contributed by atoms with Crippen LogP contribution in [-0.4, -0.2) is 72.6 Å². The van der Waals surface area contributed by atoms with E-state index in [9.17, 15) is 14.4 Å². The summed E-state index contributed by atoms with van der Waals surface area (Å²) >= 11 is 1.39. The molecule has 0 aliphatic carbocycles. The summed E-state index contributed by atoms with van der Waals surface area (Å²) in [6.07, 6.45) is 1.12. The van der Waals surface area contributed by atoms with E-state index in [4.69, 9.17) is 9.47 Å². The summed E-state index contributed by atoms with van der Waals surface area (Å²) in [4.78, 5) is 46.3. The van der Waals surface area contributed by atoms with E-state index in [0.29, 0.717) is 48.0 Å². The van der Waals surface area contributed by atoms with Gasteiger partial charge >= 0.3 is 12.1 Å². The van der Waals surface area contributed by atoms with E-state index >= 15 is 0 Å². The van der Waals surface area contributed by atoms with E-state index in [1.165, 1.54) is 11.3 Å². The average Bonchev–Trinajstić information content (AvgIpc) is 3.31. The quantitative estimate of drug-likeness (QED) is 0.293. The van der Waals surface area contributed by atoms with Crippen molar-refractivity contribution in [2.24, 2.45) is 0 Å². The summed E-state index contributed by atoms with van der Waals surface area (Å²) < 4.78 is 10.6. The third-order valence-electron chi connectivity index (χ3n) is 5.64. The largest absolute Gasteiger partial charge is 0.497 e. The number of hydrogen-bond acceptors (Lipinski definition) is 8. The van der Waals surface area contributed by atoms with Crippen LogP contribution in [0, 0.1) is 0 Å². The number of nitrogens with zero attached hydrogens (tertiary/aromatic N) is 3. The fourth-order valence-electron chi connectivity index (χ4n) is 3.63. The molecular weight excluding hydrogens is 530 g/mol. The van der Waals surface area contributed by atoms with Gasteiger partial charge in [0.2, 0.25) is 0 Å². The molecule has 0 bridgehead atoms. The fourth-order valence-corrected chi connectivity index (χ4v) is 4.42. The van der Waals surface area contributed by atoms with E-state index < -0.39 is 11.7 Å². The Labute approximate surface area is 239 Å². The number of nitrogens with one attached hydrogen (secondary N) is 2. The predicted octanol–water partition coefficient (Wildman–Crippen LogP) is 5.52. The third-order valence-corrected chi connectivity index (χ3v) is 6.43. The Bertz CT molecular complexity index is 1300. The lowest BCUT2D eigenvalue weighted by Crippen LogP contribution is -2.39. The van der Waals surface area contributed by atoms with Crippen molar-refractivity contribution in [3.05, 3.63) is 70.2 Å². The number of benzene rings is 1. The van der Waals surface area contributed by atoms with Crippen LogP contribution in [0.2, 0.25) is 0 Å². The lowest BCUT2D eigenvalue weighted by Gasteiger charge is -2.25. The van der Waals surface area contributed by atoms with Crippen molar-refractivity contribution in [3.8, 4) is 5.75 Å². The number of ether oxygens (including phenoxy) is 2. The van der Waals surface area contributed by atoms with E-state index in [2.05, 4.69) is 15.6 Å². The first-order valence-corrected chi connectivity index (χ1v) is 13.8. The summed E-state index contributed by atoms with van der Waals surface area (Å²) in [6.45, 7) is 6.85.